The topological polar surface area (TPSA) is 40.5 Å². The Morgan fingerprint density at radius 3 is 2.65 bits per heavy atom. The third kappa shape index (κ3) is 2.74. The second-order valence-corrected chi connectivity index (χ2v) is 5.92. The molecule has 2 N–H and O–H groups in total. The van der Waals surface area contributed by atoms with Gasteiger partial charge in [0.1, 0.15) is 11.5 Å². The minimum Gasteiger partial charge on any atom is -0.508 e. The minimum absolute atomic E-state index is 0.131. The second-order valence-electron chi connectivity index (χ2n) is 5.92. The number of aromatic hydroxyl groups is 2. The van der Waals surface area contributed by atoms with Crippen LogP contribution >= 0.6 is 0 Å². The smallest absolute Gasteiger partial charge is 0.123 e. The molecule has 2 atom stereocenters. The number of rotatable bonds is 3. The normalized spacial score (nSPS) is 22.4. The maximum Gasteiger partial charge on any atom is 0.123 e. The van der Waals surface area contributed by atoms with Gasteiger partial charge in [-0.1, -0.05) is 30.7 Å². The molecule has 1 aliphatic carbocycles. The zero-order valence-corrected chi connectivity index (χ0v) is 12.6. The highest BCUT2D eigenvalue weighted by Crippen LogP contribution is 2.45. The molecule has 0 aromatic heterocycles. The van der Waals surface area contributed by atoms with E-state index in [4.69, 9.17) is 0 Å². The maximum absolute atomic E-state index is 10.3. The number of benzene rings is 1. The van der Waals surface area contributed by atoms with Gasteiger partial charge in [-0.15, -0.1) is 0 Å². The van der Waals surface area contributed by atoms with Gasteiger partial charge in [0.25, 0.3) is 0 Å². The van der Waals surface area contributed by atoms with Crippen LogP contribution in [0.25, 0.3) is 0 Å². The summed E-state index contributed by atoms with van der Waals surface area (Å²) in [6, 6.07) is 3.21. The minimum atomic E-state index is 0.131. The first-order valence-electron chi connectivity index (χ1n) is 7.31. The lowest BCUT2D eigenvalue weighted by atomic mass is 9.73. The van der Waals surface area contributed by atoms with Gasteiger partial charge in [-0.05, 0) is 50.7 Å². The van der Waals surface area contributed by atoms with E-state index in [0.717, 1.165) is 36.0 Å². The van der Waals surface area contributed by atoms with Gasteiger partial charge >= 0.3 is 0 Å². The van der Waals surface area contributed by atoms with Crippen molar-refractivity contribution in [1.82, 2.24) is 0 Å². The van der Waals surface area contributed by atoms with Crippen molar-refractivity contribution in [2.45, 2.75) is 46.0 Å². The van der Waals surface area contributed by atoms with Crippen LogP contribution in [0.3, 0.4) is 0 Å². The van der Waals surface area contributed by atoms with E-state index in [0.29, 0.717) is 5.92 Å². The van der Waals surface area contributed by atoms with E-state index < -0.39 is 0 Å². The highest BCUT2D eigenvalue weighted by atomic mass is 16.3. The Hall–Kier alpha value is -1.70. The van der Waals surface area contributed by atoms with Crippen LogP contribution in [0.15, 0.2) is 35.9 Å². The van der Waals surface area contributed by atoms with Crippen LogP contribution in [0.1, 0.15) is 50.7 Å². The van der Waals surface area contributed by atoms with Crippen molar-refractivity contribution in [2.75, 3.05) is 0 Å². The molecule has 2 rings (SSSR count). The summed E-state index contributed by atoms with van der Waals surface area (Å²) < 4.78 is 0. The fourth-order valence-electron chi connectivity index (χ4n) is 3.26. The molecule has 0 fully saturated rings. The van der Waals surface area contributed by atoms with Crippen molar-refractivity contribution < 1.29 is 10.2 Å². The molecule has 1 aliphatic rings. The fraction of sp³-hybridized carbons (Fsp3) is 0.444. The van der Waals surface area contributed by atoms with Crippen molar-refractivity contribution >= 4 is 0 Å². The van der Waals surface area contributed by atoms with Gasteiger partial charge in [-0.25, -0.2) is 0 Å². The summed E-state index contributed by atoms with van der Waals surface area (Å²) in [6.45, 7) is 10.4. The summed E-state index contributed by atoms with van der Waals surface area (Å²) in [5.74, 6) is 0.853. The first-order chi connectivity index (χ1) is 9.43. The van der Waals surface area contributed by atoms with Crippen LogP contribution in [0.5, 0.6) is 11.5 Å². The Labute approximate surface area is 121 Å². The molecular weight excluding hydrogens is 248 g/mol. The predicted molar refractivity (Wildman–Crippen MR) is 83.2 cm³/mol. The predicted octanol–water partition coefficient (Wildman–Crippen LogP) is 4.68. The van der Waals surface area contributed by atoms with Crippen LogP contribution in [0, 0.1) is 5.92 Å². The Balaban J connectivity index is 2.57. The van der Waals surface area contributed by atoms with Crippen LogP contribution in [0.4, 0.5) is 0 Å². The van der Waals surface area contributed by atoms with E-state index in [-0.39, 0.29) is 17.4 Å². The number of hydrogen-bond acceptors (Lipinski definition) is 2. The highest BCUT2D eigenvalue weighted by Gasteiger charge is 2.29. The molecule has 2 nitrogen and oxygen atoms in total. The molecule has 0 saturated heterocycles. The summed E-state index contributed by atoms with van der Waals surface area (Å²) >= 11 is 0. The third-order valence-electron chi connectivity index (χ3n) is 4.32. The van der Waals surface area contributed by atoms with E-state index in [1.165, 1.54) is 11.6 Å². The van der Waals surface area contributed by atoms with Crippen molar-refractivity contribution in [2.24, 2.45) is 5.92 Å². The summed E-state index contributed by atoms with van der Waals surface area (Å²) in [5, 5.41) is 20.0. The summed E-state index contributed by atoms with van der Waals surface area (Å²) in [5.41, 5.74) is 4.50. The third-order valence-corrected chi connectivity index (χ3v) is 4.32. The van der Waals surface area contributed by atoms with Gasteiger partial charge in [0.05, 0.1) is 0 Å². The molecule has 0 amide bonds. The van der Waals surface area contributed by atoms with E-state index in [1.54, 1.807) is 6.07 Å². The molecule has 0 bridgehead atoms. The van der Waals surface area contributed by atoms with Crippen LogP contribution in [-0.4, -0.2) is 10.2 Å². The first-order valence-corrected chi connectivity index (χ1v) is 7.31. The Morgan fingerprint density at radius 2 is 2.05 bits per heavy atom. The number of allylic oxidation sites excluding steroid dienone is 3. The zero-order valence-electron chi connectivity index (χ0n) is 12.6. The van der Waals surface area contributed by atoms with E-state index in [1.807, 2.05) is 6.92 Å². The van der Waals surface area contributed by atoms with Crippen LogP contribution in [0.2, 0.25) is 0 Å². The quantitative estimate of drug-likeness (QED) is 0.785. The monoisotopic (exact) mass is 272 g/mol. The van der Waals surface area contributed by atoms with Crippen molar-refractivity contribution in [3.05, 3.63) is 47.1 Å². The van der Waals surface area contributed by atoms with Gasteiger partial charge in [-0.3, -0.25) is 0 Å². The Kier molecular flexibility index (Phi) is 4.22. The average Bonchev–Trinajstić information content (AvgIpc) is 2.37. The summed E-state index contributed by atoms with van der Waals surface area (Å²) in [7, 11) is 0. The lowest BCUT2D eigenvalue weighted by molar-refractivity contribution is 0.424. The molecule has 0 radical (unpaired) electrons. The second kappa shape index (κ2) is 5.74. The number of aryl methyl sites for hydroxylation is 1. The van der Waals surface area contributed by atoms with Gasteiger partial charge in [0.2, 0.25) is 0 Å². The molecule has 1 aromatic rings. The lowest BCUT2D eigenvalue weighted by Gasteiger charge is -2.32. The molecule has 2 unspecified atom stereocenters. The van der Waals surface area contributed by atoms with Gasteiger partial charge in [0.15, 0.2) is 0 Å². The highest BCUT2D eigenvalue weighted by molar-refractivity contribution is 5.50. The summed E-state index contributed by atoms with van der Waals surface area (Å²) in [6.07, 6.45) is 5.22. The SMILES string of the molecule is C=C(C)C1CCC(C)=CC1c1c(O)cc(O)cc1CC. The van der Waals surface area contributed by atoms with Crippen LogP contribution in [-0.2, 0) is 6.42 Å². The molecular formula is C18H24O2. The molecule has 0 saturated carbocycles. The van der Waals surface area contributed by atoms with E-state index >= 15 is 0 Å². The maximum atomic E-state index is 10.3. The molecule has 108 valence electrons. The molecule has 0 aliphatic heterocycles. The van der Waals surface area contributed by atoms with Gasteiger partial charge < -0.3 is 10.2 Å². The number of phenols is 2. The van der Waals surface area contributed by atoms with Gasteiger partial charge in [-0.2, -0.15) is 0 Å². The molecule has 0 spiro atoms. The molecule has 0 heterocycles. The first kappa shape index (κ1) is 14.7. The molecule has 2 heteroatoms. The van der Waals surface area contributed by atoms with Crippen molar-refractivity contribution in [1.29, 1.82) is 0 Å². The molecule has 20 heavy (non-hydrogen) atoms. The summed E-state index contributed by atoms with van der Waals surface area (Å²) in [4.78, 5) is 0. The average molecular weight is 272 g/mol. The Bertz CT molecular complexity index is 555. The fourth-order valence-corrected chi connectivity index (χ4v) is 3.26. The van der Waals surface area contributed by atoms with Crippen molar-refractivity contribution in [3.63, 3.8) is 0 Å². The number of phenolic OH excluding ortho intramolecular Hbond substituents is 2. The van der Waals surface area contributed by atoms with E-state index in [2.05, 4.69) is 26.5 Å². The number of hydrogen-bond donors (Lipinski definition) is 2. The van der Waals surface area contributed by atoms with E-state index in [9.17, 15) is 10.2 Å². The lowest BCUT2D eigenvalue weighted by Crippen LogP contribution is -2.18. The van der Waals surface area contributed by atoms with Crippen molar-refractivity contribution in [3.8, 4) is 11.5 Å². The Morgan fingerprint density at radius 1 is 1.35 bits per heavy atom. The molecule has 1 aromatic carbocycles. The standard InChI is InChI=1S/C18H24O2/c1-5-13-9-14(19)10-17(20)18(13)16-8-12(4)6-7-15(16)11(2)3/h8-10,15-16,19-20H,2,5-7H2,1,3-4H3. The zero-order chi connectivity index (χ0) is 14.9. The van der Waals surface area contributed by atoms with Crippen LogP contribution < -0.4 is 0 Å². The van der Waals surface area contributed by atoms with Gasteiger partial charge in [0, 0.05) is 17.5 Å². The largest absolute Gasteiger partial charge is 0.508 e.